The van der Waals surface area contributed by atoms with Gasteiger partial charge in [0.1, 0.15) is 11.2 Å². The van der Waals surface area contributed by atoms with E-state index in [4.69, 9.17) is 4.42 Å². The molecule has 0 bridgehead atoms. The Hall–Kier alpha value is -8.20. The summed E-state index contributed by atoms with van der Waals surface area (Å²) in [6.07, 6.45) is 0. The number of hydrogen-bond acceptors (Lipinski definition) is 2. The van der Waals surface area contributed by atoms with Crippen LogP contribution in [0.2, 0.25) is 0 Å². The first-order chi connectivity index (χ1) is 30.7. The molecule has 0 radical (unpaired) electrons. The zero-order valence-corrected chi connectivity index (χ0v) is 33.9. The Kier molecular flexibility index (Phi) is 8.53. The highest BCUT2D eigenvalue weighted by Gasteiger charge is 2.20. The van der Waals surface area contributed by atoms with Crippen LogP contribution in [0.15, 0.2) is 241 Å². The molecule has 0 saturated heterocycles. The molecule has 0 aliphatic heterocycles. The van der Waals surface area contributed by atoms with E-state index in [1.54, 1.807) is 0 Å². The minimum Gasteiger partial charge on any atom is -0.455 e. The van der Waals surface area contributed by atoms with Crippen molar-refractivity contribution in [2.45, 2.75) is 0 Å². The van der Waals surface area contributed by atoms with Gasteiger partial charge in [-0.05, 0) is 120 Å². The molecule has 0 N–H and O–H groups in total. The molecule has 1 aromatic heterocycles. The second-order valence-corrected chi connectivity index (χ2v) is 16.0. The standard InChI is InChI=1S/C60H39NO/c1-3-16-42(17-4-1)58-54-25-10-9-23-51(54)52-36-32-45(39-56(52)59(58)43-18-5-2-6-19-43)41-29-33-47(34-30-41)61(49-35-31-40-15-7-8-20-44(40)37-49)48-22-13-21-46(38-48)50-26-14-27-55-53-24-11-12-28-57(53)62-60(50)55/h1-39H. The number of rotatable bonds is 7. The zero-order valence-electron chi connectivity index (χ0n) is 33.9. The van der Waals surface area contributed by atoms with Gasteiger partial charge < -0.3 is 9.32 Å². The SMILES string of the molecule is c1ccc(-c2c(-c3ccccc3)c3cc(-c4ccc(N(c5cccc(-c6cccc7c6oc6ccccc67)c5)c5ccc6ccccc6c5)cc4)ccc3c3ccccc23)cc1. The monoisotopic (exact) mass is 789 g/mol. The Bertz CT molecular complexity index is 3620. The van der Waals surface area contributed by atoms with Gasteiger partial charge in [0.05, 0.1) is 0 Å². The van der Waals surface area contributed by atoms with E-state index in [1.807, 2.05) is 12.1 Å². The molecule has 0 aliphatic carbocycles. The topological polar surface area (TPSA) is 16.4 Å². The molecule has 0 spiro atoms. The molecule has 0 amide bonds. The Morgan fingerprint density at radius 1 is 0.274 bits per heavy atom. The zero-order chi connectivity index (χ0) is 41.0. The van der Waals surface area contributed by atoms with Gasteiger partial charge in [0.15, 0.2) is 0 Å². The highest BCUT2D eigenvalue weighted by Crippen LogP contribution is 2.46. The fourth-order valence-corrected chi connectivity index (χ4v) is 9.53. The molecule has 12 rings (SSSR count). The van der Waals surface area contributed by atoms with Crippen LogP contribution in [0, 0.1) is 0 Å². The van der Waals surface area contributed by atoms with Crippen LogP contribution in [-0.2, 0) is 0 Å². The highest BCUT2D eigenvalue weighted by atomic mass is 16.3. The molecule has 0 aliphatic rings. The molecule has 12 aromatic rings. The van der Waals surface area contributed by atoms with Crippen LogP contribution in [0.25, 0.3) is 98.8 Å². The number of para-hydroxylation sites is 2. The largest absolute Gasteiger partial charge is 0.455 e. The molecular formula is C60H39NO. The van der Waals surface area contributed by atoms with Crippen molar-refractivity contribution in [3.63, 3.8) is 0 Å². The van der Waals surface area contributed by atoms with Gasteiger partial charge >= 0.3 is 0 Å². The third kappa shape index (κ3) is 6.04. The van der Waals surface area contributed by atoms with Crippen LogP contribution < -0.4 is 4.90 Å². The first-order valence-corrected chi connectivity index (χ1v) is 21.2. The summed E-state index contributed by atoms with van der Waals surface area (Å²) < 4.78 is 6.51. The average molecular weight is 790 g/mol. The second-order valence-electron chi connectivity index (χ2n) is 16.0. The van der Waals surface area contributed by atoms with Crippen molar-refractivity contribution in [3.05, 3.63) is 237 Å². The van der Waals surface area contributed by atoms with Crippen molar-refractivity contribution in [2.24, 2.45) is 0 Å². The minimum absolute atomic E-state index is 0.900. The van der Waals surface area contributed by atoms with Crippen molar-refractivity contribution in [1.29, 1.82) is 0 Å². The summed E-state index contributed by atoms with van der Waals surface area (Å²) in [5.41, 5.74) is 14.5. The van der Waals surface area contributed by atoms with Crippen molar-refractivity contribution in [1.82, 2.24) is 0 Å². The quantitative estimate of drug-likeness (QED) is 0.150. The maximum absolute atomic E-state index is 6.51. The van der Waals surface area contributed by atoms with Crippen molar-refractivity contribution in [2.75, 3.05) is 4.90 Å². The van der Waals surface area contributed by atoms with Crippen molar-refractivity contribution in [3.8, 4) is 44.5 Å². The number of nitrogens with zero attached hydrogens (tertiary/aromatic N) is 1. The van der Waals surface area contributed by atoms with Crippen LogP contribution in [0.5, 0.6) is 0 Å². The predicted octanol–water partition coefficient (Wildman–Crippen LogP) is 17.2. The Labute approximate surface area is 360 Å². The molecule has 62 heavy (non-hydrogen) atoms. The predicted molar refractivity (Wildman–Crippen MR) is 263 cm³/mol. The Balaban J connectivity index is 1.01. The Morgan fingerprint density at radius 2 is 0.839 bits per heavy atom. The van der Waals surface area contributed by atoms with Crippen molar-refractivity contribution >= 4 is 71.3 Å². The van der Waals surface area contributed by atoms with Crippen LogP contribution in [0.3, 0.4) is 0 Å². The van der Waals surface area contributed by atoms with E-state index in [-0.39, 0.29) is 0 Å². The molecule has 11 aromatic carbocycles. The number of anilines is 3. The molecular weight excluding hydrogens is 751 g/mol. The van der Waals surface area contributed by atoms with Gasteiger partial charge in [0.25, 0.3) is 0 Å². The summed E-state index contributed by atoms with van der Waals surface area (Å²) in [6, 6.07) is 85.5. The fourth-order valence-electron chi connectivity index (χ4n) is 9.53. The number of fused-ring (bicyclic) bond motifs is 7. The lowest BCUT2D eigenvalue weighted by molar-refractivity contribution is 0.670. The minimum atomic E-state index is 0.900. The number of benzene rings is 11. The van der Waals surface area contributed by atoms with Crippen LogP contribution in [-0.4, -0.2) is 0 Å². The summed E-state index contributed by atoms with van der Waals surface area (Å²) in [5.74, 6) is 0. The Morgan fingerprint density at radius 3 is 1.63 bits per heavy atom. The maximum atomic E-state index is 6.51. The van der Waals surface area contributed by atoms with E-state index in [1.165, 1.54) is 60.1 Å². The van der Waals surface area contributed by atoms with Gasteiger partial charge in [-0.2, -0.15) is 0 Å². The van der Waals surface area contributed by atoms with Crippen molar-refractivity contribution < 1.29 is 4.42 Å². The van der Waals surface area contributed by atoms with Crippen LogP contribution >= 0.6 is 0 Å². The summed E-state index contributed by atoms with van der Waals surface area (Å²) in [6.45, 7) is 0. The molecule has 2 nitrogen and oxygen atoms in total. The number of furan rings is 1. The molecule has 0 atom stereocenters. The third-order valence-electron chi connectivity index (χ3n) is 12.4. The van der Waals surface area contributed by atoms with Crippen LogP contribution in [0.4, 0.5) is 17.1 Å². The summed E-state index contributed by atoms with van der Waals surface area (Å²) in [4.78, 5) is 2.37. The lowest BCUT2D eigenvalue weighted by atomic mass is 9.84. The van der Waals surface area contributed by atoms with E-state index in [2.05, 4.69) is 229 Å². The third-order valence-corrected chi connectivity index (χ3v) is 12.4. The lowest BCUT2D eigenvalue weighted by Gasteiger charge is -2.26. The van der Waals surface area contributed by atoms with Gasteiger partial charge in [-0.15, -0.1) is 0 Å². The summed E-state index contributed by atoms with van der Waals surface area (Å²) in [5, 5.41) is 9.67. The van der Waals surface area contributed by atoms with Crippen LogP contribution in [0.1, 0.15) is 0 Å². The fraction of sp³-hybridized carbons (Fsp3) is 0. The first-order valence-electron chi connectivity index (χ1n) is 21.2. The average Bonchev–Trinajstić information content (AvgIpc) is 3.73. The second kappa shape index (κ2) is 14.8. The summed E-state index contributed by atoms with van der Waals surface area (Å²) in [7, 11) is 0. The van der Waals surface area contributed by atoms with E-state index < -0.39 is 0 Å². The lowest BCUT2D eigenvalue weighted by Crippen LogP contribution is -2.10. The van der Waals surface area contributed by atoms with E-state index in [0.717, 1.165) is 55.7 Å². The molecule has 0 fully saturated rings. The summed E-state index contributed by atoms with van der Waals surface area (Å²) >= 11 is 0. The molecule has 0 saturated carbocycles. The van der Waals surface area contributed by atoms with E-state index in [9.17, 15) is 0 Å². The van der Waals surface area contributed by atoms with Gasteiger partial charge in [0.2, 0.25) is 0 Å². The molecule has 2 heteroatoms. The number of hydrogen-bond donors (Lipinski definition) is 0. The van der Waals surface area contributed by atoms with E-state index in [0.29, 0.717) is 0 Å². The smallest absolute Gasteiger partial charge is 0.143 e. The normalized spacial score (nSPS) is 11.5. The van der Waals surface area contributed by atoms with Gasteiger partial charge in [-0.3, -0.25) is 0 Å². The first kappa shape index (κ1) is 35.7. The maximum Gasteiger partial charge on any atom is 0.143 e. The molecule has 1 heterocycles. The molecule has 0 unspecified atom stereocenters. The highest BCUT2D eigenvalue weighted by molar-refractivity contribution is 6.22. The van der Waals surface area contributed by atoms with Gasteiger partial charge in [-0.25, -0.2) is 0 Å². The van der Waals surface area contributed by atoms with E-state index >= 15 is 0 Å². The van der Waals surface area contributed by atoms with Gasteiger partial charge in [-0.1, -0.05) is 188 Å². The van der Waals surface area contributed by atoms with Gasteiger partial charge in [0, 0.05) is 33.4 Å². The molecule has 290 valence electrons.